The van der Waals surface area contributed by atoms with Crippen LogP contribution in [0.4, 0.5) is 0 Å². The molecule has 0 amide bonds. The largest absolute Gasteiger partial charge is 0.462 e. The van der Waals surface area contributed by atoms with E-state index in [0.29, 0.717) is 12.8 Å². The minimum atomic E-state index is -1.65. The number of ketones is 2. The van der Waals surface area contributed by atoms with Crippen LogP contribution >= 0.6 is 0 Å². The Morgan fingerprint density at radius 2 is 1.88 bits per heavy atom. The maximum absolute atomic E-state index is 13.1. The van der Waals surface area contributed by atoms with E-state index in [2.05, 4.69) is 6.92 Å². The number of fused-ring (bicyclic) bond motifs is 5. The minimum absolute atomic E-state index is 0.0214. The molecule has 0 aliphatic heterocycles. The van der Waals surface area contributed by atoms with Crippen LogP contribution in [-0.2, 0) is 28.7 Å². The van der Waals surface area contributed by atoms with Crippen molar-refractivity contribution >= 4 is 23.5 Å². The van der Waals surface area contributed by atoms with Crippen molar-refractivity contribution in [1.29, 1.82) is 0 Å². The number of Topliss-reactive ketones (excluding diaryl/α,β-unsaturated/α-hetero) is 1. The number of ether oxygens (including phenoxy) is 2. The average Bonchev–Trinajstić information content (AvgIpc) is 2.97. The number of carbonyl (C=O) groups excluding carboxylic acids is 4. The Morgan fingerprint density at radius 3 is 2.53 bits per heavy atom. The summed E-state index contributed by atoms with van der Waals surface area (Å²) in [7, 11) is 0. The first kappa shape index (κ1) is 22.9. The summed E-state index contributed by atoms with van der Waals surface area (Å²) in [5, 5.41) is 11.6. The summed E-state index contributed by atoms with van der Waals surface area (Å²) in [6.07, 6.45) is 7.62. The average molecular weight is 445 g/mol. The van der Waals surface area contributed by atoms with E-state index < -0.39 is 46.9 Å². The molecule has 4 aliphatic carbocycles. The number of rotatable bonds is 4. The van der Waals surface area contributed by atoms with Gasteiger partial charge in [-0.05, 0) is 56.1 Å². The molecule has 0 aromatic rings. The molecular weight excluding hydrogens is 412 g/mol. The highest BCUT2D eigenvalue weighted by atomic mass is 16.5. The quantitative estimate of drug-likeness (QED) is 0.664. The van der Waals surface area contributed by atoms with E-state index in [0.717, 1.165) is 18.4 Å². The highest BCUT2D eigenvalue weighted by molar-refractivity contribution is 6.01. The Morgan fingerprint density at radius 1 is 1.16 bits per heavy atom. The lowest BCUT2D eigenvalue weighted by atomic mass is 9.46. The molecule has 0 radical (unpaired) electrons. The lowest BCUT2D eigenvalue weighted by molar-refractivity contribution is -0.192. The number of carbonyl (C=O) groups is 4. The van der Waals surface area contributed by atoms with E-state index >= 15 is 0 Å². The molecule has 3 fully saturated rings. The van der Waals surface area contributed by atoms with Crippen molar-refractivity contribution < 1.29 is 33.8 Å². The van der Waals surface area contributed by atoms with Crippen molar-refractivity contribution in [2.24, 2.45) is 28.6 Å². The summed E-state index contributed by atoms with van der Waals surface area (Å²) in [5.74, 6) is -1.36. The lowest BCUT2D eigenvalue weighted by Crippen LogP contribution is -2.62. The van der Waals surface area contributed by atoms with Gasteiger partial charge in [0, 0.05) is 30.6 Å². The van der Waals surface area contributed by atoms with Gasteiger partial charge in [0.1, 0.15) is 11.7 Å². The fourth-order valence-electron chi connectivity index (χ4n) is 7.36. The third kappa shape index (κ3) is 3.28. The fourth-order valence-corrected chi connectivity index (χ4v) is 7.36. The van der Waals surface area contributed by atoms with Gasteiger partial charge in [-0.3, -0.25) is 19.2 Å². The van der Waals surface area contributed by atoms with Crippen LogP contribution in [0, 0.1) is 28.6 Å². The highest BCUT2D eigenvalue weighted by Crippen LogP contribution is 2.67. The number of esters is 2. The van der Waals surface area contributed by atoms with E-state index in [4.69, 9.17) is 9.47 Å². The second kappa shape index (κ2) is 7.65. The van der Waals surface area contributed by atoms with E-state index in [-0.39, 0.29) is 30.0 Å². The number of aliphatic hydroxyl groups is 1. The first-order chi connectivity index (χ1) is 14.9. The Labute approximate surface area is 188 Å². The molecule has 1 N–H and O–H groups in total. The highest BCUT2D eigenvalue weighted by Gasteiger charge is 2.68. The summed E-state index contributed by atoms with van der Waals surface area (Å²) in [5.41, 5.74) is -1.81. The first-order valence-electron chi connectivity index (χ1n) is 11.4. The standard InChI is InChI=1S/C25H32O7/c1-14(26)31-13-21(29)25(30)10-8-19-18-6-5-16-11-17(28)7-9-23(16,3)22(18)20(32-15(2)27)12-24(19,25)4/h7,9,11,18-20,22,30H,5-6,8,10,12-13H2,1-4H3/t18-,19-,20+,22+,23+,24+,25-/m1/s1. The zero-order chi connectivity index (χ0) is 23.5. The van der Waals surface area contributed by atoms with Crippen LogP contribution in [0.3, 0.4) is 0 Å². The van der Waals surface area contributed by atoms with Gasteiger partial charge in [-0.25, -0.2) is 0 Å². The van der Waals surface area contributed by atoms with Crippen molar-refractivity contribution in [3.8, 4) is 0 Å². The molecule has 0 aromatic carbocycles. The van der Waals surface area contributed by atoms with Gasteiger partial charge in [0.2, 0.25) is 5.78 Å². The molecule has 0 spiro atoms. The molecule has 174 valence electrons. The second-order valence-electron chi connectivity index (χ2n) is 10.4. The Balaban J connectivity index is 1.73. The maximum atomic E-state index is 13.1. The molecule has 4 aliphatic rings. The third-order valence-electron chi connectivity index (χ3n) is 8.81. The van der Waals surface area contributed by atoms with Crippen molar-refractivity contribution in [1.82, 2.24) is 0 Å². The first-order valence-corrected chi connectivity index (χ1v) is 11.4. The Kier molecular flexibility index (Phi) is 5.47. The maximum Gasteiger partial charge on any atom is 0.303 e. The van der Waals surface area contributed by atoms with E-state index in [1.54, 1.807) is 12.2 Å². The second-order valence-corrected chi connectivity index (χ2v) is 10.4. The summed E-state index contributed by atoms with van der Waals surface area (Å²) in [6, 6.07) is 0. The van der Waals surface area contributed by atoms with Gasteiger partial charge < -0.3 is 14.6 Å². The third-order valence-corrected chi connectivity index (χ3v) is 8.81. The summed E-state index contributed by atoms with van der Waals surface area (Å²) in [4.78, 5) is 48.4. The molecule has 32 heavy (non-hydrogen) atoms. The molecule has 7 nitrogen and oxygen atoms in total. The van der Waals surface area contributed by atoms with Crippen molar-refractivity contribution in [3.05, 3.63) is 23.8 Å². The van der Waals surface area contributed by atoms with Gasteiger partial charge >= 0.3 is 11.9 Å². The molecule has 0 heterocycles. The smallest absolute Gasteiger partial charge is 0.303 e. The number of hydrogen-bond acceptors (Lipinski definition) is 7. The molecule has 0 aromatic heterocycles. The number of allylic oxidation sites excluding steroid dienone is 4. The minimum Gasteiger partial charge on any atom is -0.462 e. The molecule has 7 atom stereocenters. The predicted molar refractivity (Wildman–Crippen MR) is 114 cm³/mol. The van der Waals surface area contributed by atoms with Gasteiger partial charge in [0.15, 0.2) is 12.4 Å². The van der Waals surface area contributed by atoms with Gasteiger partial charge in [0.25, 0.3) is 0 Å². The van der Waals surface area contributed by atoms with Crippen LogP contribution in [0.15, 0.2) is 23.8 Å². The zero-order valence-corrected chi connectivity index (χ0v) is 19.2. The van der Waals surface area contributed by atoms with Crippen LogP contribution in [0.2, 0.25) is 0 Å². The van der Waals surface area contributed by atoms with E-state index in [1.165, 1.54) is 13.8 Å². The molecule has 0 bridgehead atoms. The number of hydrogen-bond donors (Lipinski definition) is 1. The molecule has 4 rings (SSSR count). The van der Waals surface area contributed by atoms with Crippen LogP contribution in [0.25, 0.3) is 0 Å². The summed E-state index contributed by atoms with van der Waals surface area (Å²) < 4.78 is 10.8. The Bertz CT molecular complexity index is 933. The summed E-state index contributed by atoms with van der Waals surface area (Å²) >= 11 is 0. The molecule has 0 unspecified atom stereocenters. The monoisotopic (exact) mass is 444 g/mol. The van der Waals surface area contributed by atoms with Gasteiger partial charge in [-0.2, -0.15) is 0 Å². The SMILES string of the molecule is CC(=O)OCC(=O)[C@]1(O)CC[C@@H]2[C@H]3CCC4=CC(=O)C=C[C@]4(C)[C@@H]3[C@@H](OC(C)=O)C[C@@]21C. The summed E-state index contributed by atoms with van der Waals surface area (Å²) in [6.45, 7) is 6.16. The topological polar surface area (TPSA) is 107 Å². The molecular formula is C25H32O7. The van der Waals surface area contributed by atoms with Crippen LogP contribution in [-0.4, -0.2) is 46.9 Å². The van der Waals surface area contributed by atoms with Gasteiger partial charge in [-0.1, -0.05) is 25.5 Å². The lowest BCUT2D eigenvalue weighted by Gasteiger charge is -2.60. The Hall–Kier alpha value is -2.28. The normalized spacial score (nSPS) is 42.3. The van der Waals surface area contributed by atoms with Crippen LogP contribution in [0.1, 0.15) is 59.8 Å². The van der Waals surface area contributed by atoms with E-state index in [9.17, 15) is 24.3 Å². The van der Waals surface area contributed by atoms with E-state index in [1.807, 2.05) is 13.0 Å². The van der Waals surface area contributed by atoms with Crippen LogP contribution < -0.4 is 0 Å². The van der Waals surface area contributed by atoms with Gasteiger partial charge in [-0.15, -0.1) is 0 Å². The van der Waals surface area contributed by atoms with Gasteiger partial charge in [0.05, 0.1) is 0 Å². The molecule has 7 heteroatoms. The van der Waals surface area contributed by atoms with Crippen molar-refractivity contribution in [2.45, 2.75) is 71.5 Å². The fraction of sp³-hybridized carbons (Fsp3) is 0.680. The molecule has 0 saturated heterocycles. The molecule has 3 saturated carbocycles. The van der Waals surface area contributed by atoms with Crippen LogP contribution in [0.5, 0.6) is 0 Å². The van der Waals surface area contributed by atoms with Crippen molar-refractivity contribution in [2.75, 3.05) is 6.61 Å². The predicted octanol–water partition coefficient (Wildman–Crippen LogP) is 2.70. The zero-order valence-electron chi connectivity index (χ0n) is 19.2. The van der Waals surface area contributed by atoms with Crippen molar-refractivity contribution in [3.63, 3.8) is 0 Å².